The Morgan fingerprint density at radius 1 is 0.341 bits per heavy atom. The van der Waals surface area contributed by atoms with Crippen LogP contribution in [0.2, 0.25) is 0 Å². The molecule has 44 heavy (non-hydrogen) atoms. The maximum absolute atomic E-state index is 2.40. The Morgan fingerprint density at radius 2 is 0.841 bits per heavy atom. The van der Waals surface area contributed by atoms with Gasteiger partial charge in [0.25, 0.3) is 0 Å². The summed E-state index contributed by atoms with van der Waals surface area (Å²) in [6.45, 7) is 0. The van der Waals surface area contributed by atoms with Crippen LogP contribution in [0.15, 0.2) is 164 Å². The van der Waals surface area contributed by atoms with Gasteiger partial charge in [-0.1, -0.05) is 127 Å². The molecule has 7 aromatic carbocycles. The number of nitrogens with zero attached hydrogens (tertiary/aromatic N) is 1. The predicted octanol–water partition coefficient (Wildman–Crippen LogP) is 11.4. The molecule has 1 heteroatoms. The number of benzene rings is 7. The smallest absolute Gasteiger partial charge is 0.0541 e. The van der Waals surface area contributed by atoms with E-state index in [1.165, 1.54) is 83.1 Å². The van der Waals surface area contributed by atoms with Gasteiger partial charge in [0.1, 0.15) is 0 Å². The van der Waals surface area contributed by atoms with Crippen molar-refractivity contribution in [3.63, 3.8) is 0 Å². The summed E-state index contributed by atoms with van der Waals surface area (Å²) in [4.78, 5) is 0. The molecule has 0 bridgehead atoms. The third-order valence-corrected chi connectivity index (χ3v) is 9.25. The van der Waals surface area contributed by atoms with Crippen LogP contribution in [-0.4, -0.2) is 4.57 Å². The van der Waals surface area contributed by atoms with Gasteiger partial charge in [-0.15, -0.1) is 0 Å². The van der Waals surface area contributed by atoms with E-state index < -0.39 is 0 Å². The van der Waals surface area contributed by atoms with Crippen molar-refractivity contribution >= 4 is 21.8 Å². The van der Waals surface area contributed by atoms with Gasteiger partial charge in [0, 0.05) is 16.5 Å². The maximum Gasteiger partial charge on any atom is 0.0541 e. The van der Waals surface area contributed by atoms with Crippen molar-refractivity contribution in [2.24, 2.45) is 0 Å². The van der Waals surface area contributed by atoms with Crippen LogP contribution < -0.4 is 0 Å². The first-order valence-corrected chi connectivity index (χ1v) is 15.3. The molecule has 9 rings (SSSR count). The fourth-order valence-electron chi connectivity index (χ4n) is 7.12. The Morgan fingerprint density at radius 3 is 1.50 bits per heavy atom. The van der Waals surface area contributed by atoms with Gasteiger partial charge in [-0.2, -0.15) is 0 Å². The number of hydrogen-bond acceptors (Lipinski definition) is 0. The minimum absolute atomic E-state index is 0.984. The average Bonchev–Trinajstić information content (AvgIpc) is 3.64. The highest BCUT2D eigenvalue weighted by molar-refractivity contribution is 6.09. The lowest BCUT2D eigenvalue weighted by Gasteiger charge is -2.12. The van der Waals surface area contributed by atoms with E-state index >= 15 is 0 Å². The molecule has 8 aromatic rings. The molecular weight excluding hydrogens is 530 g/mol. The molecule has 206 valence electrons. The first-order chi connectivity index (χ1) is 21.8. The summed E-state index contributed by atoms with van der Waals surface area (Å²) >= 11 is 0. The van der Waals surface area contributed by atoms with Crippen LogP contribution in [0, 0.1) is 0 Å². The largest absolute Gasteiger partial charge is 0.309 e. The number of aromatic nitrogens is 1. The van der Waals surface area contributed by atoms with Crippen LogP contribution in [0.1, 0.15) is 11.1 Å². The predicted molar refractivity (Wildman–Crippen MR) is 185 cm³/mol. The maximum atomic E-state index is 2.40. The van der Waals surface area contributed by atoms with E-state index in [1.807, 2.05) is 0 Å². The van der Waals surface area contributed by atoms with Crippen LogP contribution in [0.4, 0.5) is 0 Å². The number of rotatable bonds is 4. The molecular formula is C43H29N. The second-order valence-corrected chi connectivity index (χ2v) is 11.7. The summed E-state index contributed by atoms with van der Waals surface area (Å²) < 4.78 is 2.38. The van der Waals surface area contributed by atoms with E-state index in [0.717, 1.165) is 6.42 Å². The molecule has 0 saturated heterocycles. The molecule has 1 aliphatic rings. The van der Waals surface area contributed by atoms with Gasteiger partial charge in [0.05, 0.1) is 11.0 Å². The molecule has 1 nitrogen and oxygen atoms in total. The molecule has 0 radical (unpaired) electrons. The molecule has 0 aliphatic heterocycles. The van der Waals surface area contributed by atoms with Gasteiger partial charge in [0.15, 0.2) is 0 Å². The summed E-state index contributed by atoms with van der Waals surface area (Å²) in [5.41, 5.74) is 16.7. The topological polar surface area (TPSA) is 4.93 Å². The molecule has 0 amide bonds. The van der Waals surface area contributed by atoms with Gasteiger partial charge in [0.2, 0.25) is 0 Å². The Labute approximate surface area is 257 Å². The first-order valence-electron chi connectivity index (χ1n) is 15.3. The summed E-state index contributed by atoms with van der Waals surface area (Å²) in [5.74, 6) is 0. The highest BCUT2D eigenvalue weighted by atomic mass is 15.0. The zero-order valence-corrected chi connectivity index (χ0v) is 24.2. The van der Waals surface area contributed by atoms with Crippen LogP contribution >= 0.6 is 0 Å². The third-order valence-electron chi connectivity index (χ3n) is 9.25. The Kier molecular flexibility index (Phi) is 5.64. The number of fused-ring (bicyclic) bond motifs is 6. The molecule has 0 unspecified atom stereocenters. The zero-order chi connectivity index (χ0) is 29.0. The molecule has 1 heterocycles. The van der Waals surface area contributed by atoms with Gasteiger partial charge in [-0.25, -0.2) is 0 Å². The Balaban J connectivity index is 1.10. The highest BCUT2D eigenvalue weighted by Crippen LogP contribution is 2.42. The Hall–Kier alpha value is -5.66. The van der Waals surface area contributed by atoms with Gasteiger partial charge >= 0.3 is 0 Å². The fraction of sp³-hybridized carbons (Fsp3) is 0.0233. The lowest BCUT2D eigenvalue weighted by molar-refractivity contribution is 1.18. The van der Waals surface area contributed by atoms with Gasteiger partial charge in [-0.05, 0) is 98.5 Å². The van der Waals surface area contributed by atoms with Crippen LogP contribution in [0.25, 0.3) is 72.0 Å². The summed E-state index contributed by atoms with van der Waals surface area (Å²) in [6, 6.07) is 59.9. The minimum Gasteiger partial charge on any atom is -0.309 e. The number of hydrogen-bond donors (Lipinski definition) is 0. The van der Waals surface area contributed by atoms with Crippen LogP contribution in [0.3, 0.4) is 0 Å². The minimum atomic E-state index is 0.984. The van der Waals surface area contributed by atoms with Gasteiger partial charge < -0.3 is 4.57 Å². The second kappa shape index (κ2) is 9.97. The lowest BCUT2D eigenvalue weighted by Crippen LogP contribution is -1.93. The van der Waals surface area contributed by atoms with Crippen LogP contribution in [0.5, 0.6) is 0 Å². The second-order valence-electron chi connectivity index (χ2n) is 11.7. The van der Waals surface area contributed by atoms with Crippen molar-refractivity contribution < 1.29 is 0 Å². The van der Waals surface area contributed by atoms with E-state index in [4.69, 9.17) is 0 Å². The molecule has 0 N–H and O–H groups in total. The lowest BCUT2D eigenvalue weighted by atomic mass is 9.92. The van der Waals surface area contributed by atoms with Crippen molar-refractivity contribution in [3.8, 4) is 50.2 Å². The fourth-order valence-corrected chi connectivity index (χ4v) is 7.12. The van der Waals surface area contributed by atoms with E-state index in [2.05, 4.69) is 168 Å². The summed E-state index contributed by atoms with van der Waals surface area (Å²) in [5, 5.41) is 2.57. The van der Waals surface area contributed by atoms with Crippen molar-refractivity contribution in [3.05, 3.63) is 175 Å². The Bertz CT molecular complexity index is 2290. The van der Waals surface area contributed by atoms with E-state index in [9.17, 15) is 0 Å². The summed E-state index contributed by atoms with van der Waals surface area (Å²) in [6.07, 6.45) is 0.984. The van der Waals surface area contributed by atoms with E-state index in [1.54, 1.807) is 0 Å². The molecule has 0 atom stereocenters. The molecule has 1 aliphatic carbocycles. The van der Waals surface area contributed by atoms with Crippen molar-refractivity contribution in [2.75, 3.05) is 0 Å². The summed E-state index contributed by atoms with van der Waals surface area (Å²) in [7, 11) is 0. The first kappa shape index (κ1) is 24.9. The molecule has 1 aromatic heterocycles. The van der Waals surface area contributed by atoms with Crippen molar-refractivity contribution in [1.82, 2.24) is 4.57 Å². The SMILES string of the molecule is c1ccc(-c2ccccc2-c2ccc3c(c2)-c2cc(-c4ccc(-n5c6ccccc6c6ccccc65)cc4)ccc2C3)cc1. The van der Waals surface area contributed by atoms with Crippen molar-refractivity contribution in [1.29, 1.82) is 0 Å². The highest BCUT2D eigenvalue weighted by Gasteiger charge is 2.21. The quantitative estimate of drug-likeness (QED) is 0.202. The van der Waals surface area contributed by atoms with Gasteiger partial charge in [-0.3, -0.25) is 0 Å². The van der Waals surface area contributed by atoms with Crippen LogP contribution in [-0.2, 0) is 6.42 Å². The zero-order valence-electron chi connectivity index (χ0n) is 24.2. The third kappa shape index (κ3) is 3.94. The molecule has 0 fully saturated rings. The molecule has 0 saturated carbocycles. The van der Waals surface area contributed by atoms with E-state index in [-0.39, 0.29) is 0 Å². The average molecular weight is 560 g/mol. The van der Waals surface area contributed by atoms with E-state index in [0.29, 0.717) is 0 Å². The normalized spacial score (nSPS) is 12.0. The standard InChI is InChI=1S/C43H29N/c1-2-10-30(11-3-1)36-12-4-5-13-37(36)34-21-20-33-26-32-19-18-31(27-40(32)41(33)28-34)29-22-24-35(25-23-29)44-42-16-8-6-14-38(42)39-15-7-9-17-43(39)44/h1-25,27-28H,26H2. The number of para-hydroxylation sites is 2. The monoisotopic (exact) mass is 559 g/mol. The molecule has 0 spiro atoms. The van der Waals surface area contributed by atoms with Crippen molar-refractivity contribution in [2.45, 2.75) is 6.42 Å².